The fourth-order valence-corrected chi connectivity index (χ4v) is 4.02. The molecule has 1 aliphatic heterocycles. The van der Waals surface area contributed by atoms with E-state index >= 15 is 0 Å². The van der Waals surface area contributed by atoms with Crippen LogP contribution in [0.5, 0.6) is 11.5 Å². The van der Waals surface area contributed by atoms with Gasteiger partial charge in [0.25, 0.3) is 5.91 Å². The molecule has 0 aromatic heterocycles. The highest BCUT2D eigenvalue weighted by molar-refractivity contribution is 6.09. The van der Waals surface area contributed by atoms with Crippen LogP contribution >= 0.6 is 0 Å². The van der Waals surface area contributed by atoms with Gasteiger partial charge in [-0.05, 0) is 49.6 Å². The van der Waals surface area contributed by atoms with E-state index in [0.29, 0.717) is 17.1 Å². The Balaban J connectivity index is 1.71. The van der Waals surface area contributed by atoms with Gasteiger partial charge in [-0.2, -0.15) is 0 Å². The van der Waals surface area contributed by atoms with E-state index in [0.717, 1.165) is 23.3 Å². The molecule has 176 valence electrons. The van der Waals surface area contributed by atoms with Crippen LogP contribution in [0.1, 0.15) is 49.9 Å². The van der Waals surface area contributed by atoms with Gasteiger partial charge in [-0.1, -0.05) is 37.6 Å². The average Bonchev–Trinajstić information content (AvgIpc) is 3.02. The van der Waals surface area contributed by atoms with Gasteiger partial charge in [-0.25, -0.2) is 4.79 Å². The third-order valence-electron chi connectivity index (χ3n) is 5.93. The number of ether oxygens (including phenoxy) is 2. The van der Waals surface area contributed by atoms with Gasteiger partial charge in [0.1, 0.15) is 23.6 Å². The van der Waals surface area contributed by atoms with E-state index in [2.05, 4.69) is 17.6 Å². The molecule has 0 aliphatic carbocycles. The summed E-state index contributed by atoms with van der Waals surface area (Å²) in [7, 11) is 3.10. The number of imide groups is 1. The number of rotatable bonds is 9. The molecule has 0 saturated carbocycles. The van der Waals surface area contributed by atoms with Crippen molar-refractivity contribution < 1.29 is 23.9 Å². The maximum absolute atomic E-state index is 13.2. The molecule has 3 rings (SSSR count). The quantitative estimate of drug-likeness (QED) is 0.568. The molecule has 2 unspecified atom stereocenters. The summed E-state index contributed by atoms with van der Waals surface area (Å²) < 4.78 is 10.6. The van der Waals surface area contributed by atoms with Gasteiger partial charge >= 0.3 is 6.03 Å². The predicted octanol–water partition coefficient (Wildman–Crippen LogP) is 3.30. The lowest BCUT2D eigenvalue weighted by Crippen LogP contribution is -2.43. The molecule has 2 aromatic rings. The van der Waals surface area contributed by atoms with E-state index < -0.39 is 29.4 Å². The zero-order valence-electron chi connectivity index (χ0n) is 19.7. The van der Waals surface area contributed by atoms with Gasteiger partial charge in [-0.3, -0.25) is 14.5 Å². The van der Waals surface area contributed by atoms with Crippen LogP contribution in [0, 0.1) is 0 Å². The minimum atomic E-state index is -1.22. The fourth-order valence-electron chi connectivity index (χ4n) is 4.02. The first kappa shape index (κ1) is 24.1. The first-order valence-corrected chi connectivity index (χ1v) is 11.0. The summed E-state index contributed by atoms with van der Waals surface area (Å²) in [5.74, 6) is 0.301. The third-order valence-corrected chi connectivity index (χ3v) is 5.93. The van der Waals surface area contributed by atoms with Crippen molar-refractivity contribution in [1.29, 1.82) is 0 Å². The predicted molar refractivity (Wildman–Crippen MR) is 124 cm³/mol. The van der Waals surface area contributed by atoms with Crippen molar-refractivity contribution in [1.82, 2.24) is 15.5 Å². The Morgan fingerprint density at radius 3 is 2.42 bits per heavy atom. The SMILES string of the molecule is CCCc1ccc(C2(C)NC(=O)N(CC(=O)NC(C)c3cc(OC)ccc3OC)C2=O)cc1. The largest absolute Gasteiger partial charge is 0.497 e. The van der Waals surface area contributed by atoms with Gasteiger partial charge in [-0.15, -0.1) is 0 Å². The zero-order chi connectivity index (χ0) is 24.2. The van der Waals surface area contributed by atoms with Crippen LogP contribution in [0.3, 0.4) is 0 Å². The number of nitrogens with zero attached hydrogens (tertiary/aromatic N) is 1. The van der Waals surface area contributed by atoms with E-state index in [9.17, 15) is 14.4 Å². The first-order valence-electron chi connectivity index (χ1n) is 11.0. The molecule has 2 aromatic carbocycles. The highest BCUT2D eigenvalue weighted by atomic mass is 16.5. The van der Waals surface area contributed by atoms with E-state index in [-0.39, 0.29) is 6.54 Å². The number of aryl methyl sites for hydroxylation is 1. The number of nitrogens with one attached hydrogen (secondary N) is 2. The van der Waals surface area contributed by atoms with Gasteiger partial charge in [0.2, 0.25) is 5.91 Å². The van der Waals surface area contributed by atoms with Crippen molar-refractivity contribution in [3.63, 3.8) is 0 Å². The first-order chi connectivity index (χ1) is 15.7. The van der Waals surface area contributed by atoms with Crippen molar-refractivity contribution in [3.8, 4) is 11.5 Å². The Labute approximate surface area is 194 Å². The molecule has 8 heteroatoms. The molecule has 0 spiro atoms. The number of hydrogen-bond donors (Lipinski definition) is 2. The Hall–Kier alpha value is -3.55. The number of carbonyl (C=O) groups excluding carboxylic acids is 3. The Bertz CT molecular complexity index is 1040. The van der Waals surface area contributed by atoms with Gasteiger partial charge < -0.3 is 20.1 Å². The maximum atomic E-state index is 13.2. The maximum Gasteiger partial charge on any atom is 0.325 e. The van der Waals surface area contributed by atoms with Crippen LogP contribution in [0.2, 0.25) is 0 Å². The van der Waals surface area contributed by atoms with Crippen LogP contribution in [-0.2, 0) is 21.5 Å². The average molecular weight is 454 g/mol. The van der Waals surface area contributed by atoms with E-state index in [4.69, 9.17) is 9.47 Å². The van der Waals surface area contributed by atoms with Crippen LogP contribution in [0.25, 0.3) is 0 Å². The summed E-state index contributed by atoms with van der Waals surface area (Å²) >= 11 is 0. The van der Waals surface area contributed by atoms with Crippen molar-refractivity contribution in [3.05, 3.63) is 59.2 Å². The summed E-state index contributed by atoms with van der Waals surface area (Å²) in [6.45, 7) is 5.17. The number of carbonyl (C=O) groups is 3. The second kappa shape index (κ2) is 9.94. The van der Waals surface area contributed by atoms with E-state index in [1.54, 1.807) is 46.3 Å². The molecule has 33 heavy (non-hydrogen) atoms. The summed E-state index contributed by atoms with van der Waals surface area (Å²) in [5.41, 5.74) is 1.35. The van der Waals surface area contributed by atoms with Crippen molar-refractivity contribution in [2.24, 2.45) is 0 Å². The molecule has 0 bridgehead atoms. The number of methoxy groups -OCH3 is 2. The fraction of sp³-hybridized carbons (Fsp3) is 0.400. The zero-order valence-corrected chi connectivity index (χ0v) is 19.7. The normalized spacial score (nSPS) is 18.6. The van der Waals surface area contributed by atoms with E-state index in [1.165, 1.54) is 5.56 Å². The van der Waals surface area contributed by atoms with Gasteiger partial charge in [0, 0.05) is 5.56 Å². The summed E-state index contributed by atoms with van der Waals surface area (Å²) in [6, 6.07) is 11.9. The molecule has 1 saturated heterocycles. The highest BCUT2D eigenvalue weighted by Crippen LogP contribution is 2.31. The molecular weight excluding hydrogens is 422 g/mol. The lowest BCUT2D eigenvalue weighted by molar-refractivity contribution is -0.135. The molecule has 2 N–H and O–H groups in total. The highest BCUT2D eigenvalue weighted by Gasteiger charge is 2.49. The molecule has 2 atom stereocenters. The smallest absolute Gasteiger partial charge is 0.325 e. The molecule has 1 aliphatic rings. The van der Waals surface area contributed by atoms with Crippen LogP contribution < -0.4 is 20.1 Å². The molecule has 4 amide bonds. The standard InChI is InChI=1S/C25H31N3O5/c1-6-7-17-8-10-18(11-9-17)25(3)23(30)28(24(31)27-25)15-22(29)26-16(2)20-14-19(32-4)12-13-21(20)33-5/h8-14,16H,6-7,15H2,1-5H3,(H,26,29)(H,27,31). The summed E-state index contributed by atoms with van der Waals surface area (Å²) in [5, 5.41) is 5.57. The van der Waals surface area contributed by atoms with Crippen molar-refractivity contribution in [2.75, 3.05) is 20.8 Å². The lowest BCUT2D eigenvalue weighted by atomic mass is 9.91. The minimum Gasteiger partial charge on any atom is -0.497 e. The summed E-state index contributed by atoms with van der Waals surface area (Å²) in [6.07, 6.45) is 1.97. The number of amides is 4. The lowest BCUT2D eigenvalue weighted by Gasteiger charge is -2.23. The molecule has 8 nitrogen and oxygen atoms in total. The van der Waals surface area contributed by atoms with Gasteiger partial charge in [0.05, 0.1) is 20.3 Å². The summed E-state index contributed by atoms with van der Waals surface area (Å²) in [4.78, 5) is 39.4. The van der Waals surface area contributed by atoms with Crippen LogP contribution in [0.15, 0.2) is 42.5 Å². The van der Waals surface area contributed by atoms with Crippen LogP contribution in [0.4, 0.5) is 4.79 Å². The second-order valence-electron chi connectivity index (χ2n) is 8.29. The molecule has 0 radical (unpaired) electrons. The van der Waals surface area contributed by atoms with E-state index in [1.807, 2.05) is 24.3 Å². The second-order valence-corrected chi connectivity index (χ2v) is 8.29. The number of urea groups is 1. The Kier molecular flexibility index (Phi) is 7.26. The Morgan fingerprint density at radius 1 is 1.12 bits per heavy atom. The number of hydrogen-bond acceptors (Lipinski definition) is 5. The topological polar surface area (TPSA) is 97.0 Å². The molecule has 1 fully saturated rings. The Morgan fingerprint density at radius 2 is 1.82 bits per heavy atom. The molecular formula is C25H31N3O5. The van der Waals surface area contributed by atoms with Gasteiger partial charge in [0.15, 0.2) is 0 Å². The molecule has 1 heterocycles. The number of benzene rings is 2. The van der Waals surface area contributed by atoms with Crippen LogP contribution in [-0.4, -0.2) is 43.5 Å². The van der Waals surface area contributed by atoms with Crippen molar-refractivity contribution >= 4 is 17.8 Å². The van der Waals surface area contributed by atoms with Crippen molar-refractivity contribution in [2.45, 2.75) is 45.2 Å². The third kappa shape index (κ3) is 4.94. The monoisotopic (exact) mass is 453 g/mol. The minimum absolute atomic E-state index is 0.384.